The third-order valence-electron chi connectivity index (χ3n) is 4.27. The highest BCUT2D eigenvalue weighted by Crippen LogP contribution is 2.43. The van der Waals surface area contributed by atoms with E-state index in [9.17, 15) is 0 Å². The minimum absolute atomic E-state index is 0.412. The van der Waals surface area contributed by atoms with Crippen molar-refractivity contribution in [3.8, 4) is 0 Å². The molecule has 0 aliphatic heterocycles. The second-order valence-corrected chi connectivity index (χ2v) is 5.55. The lowest BCUT2D eigenvalue weighted by Gasteiger charge is -2.42. The van der Waals surface area contributed by atoms with Crippen LogP contribution < -0.4 is 5.32 Å². The summed E-state index contributed by atoms with van der Waals surface area (Å²) in [6.07, 6.45) is 5.06. The number of nitrogens with zero attached hydrogens (tertiary/aromatic N) is 1. The second kappa shape index (κ2) is 5.21. The zero-order valence-electron chi connectivity index (χ0n) is 11.4. The Balaban J connectivity index is 1.64. The molecule has 2 aromatic rings. The summed E-state index contributed by atoms with van der Waals surface area (Å²) >= 11 is 0. The quantitative estimate of drug-likeness (QED) is 0.837. The molecule has 0 saturated heterocycles. The van der Waals surface area contributed by atoms with Crippen LogP contribution in [0.5, 0.6) is 0 Å². The van der Waals surface area contributed by atoms with Crippen molar-refractivity contribution >= 4 is 17.0 Å². The van der Waals surface area contributed by atoms with Crippen LogP contribution in [0.2, 0.25) is 0 Å². The molecule has 3 rings (SSSR count). The zero-order chi connectivity index (χ0) is 13.1. The fourth-order valence-electron chi connectivity index (χ4n) is 2.82. The number of aromatic nitrogens is 2. The van der Waals surface area contributed by atoms with E-state index in [-0.39, 0.29) is 0 Å². The number of hydrogen-bond acceptors (Lipinski definition) is 3. The lowest BCUT2D eigenvalue weighted by atomic mass is 9.67. The summed E-state index contributed by atoms with van der Waals surface area (Å²) in [6, 6.07) is 8.12. The Morgan fingerprint density at radius 1 is 1.37 bits per heavy atom. The third-order valence-corrected chi connectivity index (χ3v) is 4.27. The summed E-state index contributed by atoms with van der Waals surface area (Å²) in [6.45, 7) is 1.83. The fourth-order valence-corrected chi connectivity index (χ4v) is 2.82. The Kier molecular flexibility index (Phi) is 3.42. The summed E-state index contributed by atoms with van der Waals surface area (Å²) in [5.41, 5.74) is 2.52. The van der Waals surface area contributed by atoms with Crippen molar-refractivity contribution in [3.05, 3.63) is 24.3 Å². The molecule has 0 spiro atoms. The summed E-state index contributed by atoms with van der Waals surface area (Å²) in [7, 11) is 1.78. The number of methoxy groups -OCH3 is 1. The SMILES string of the molecule is COCCC1(CNc2nc3ccccc3[nH]2)CCC1. The van der Waals surface area contributed by atoms with E-state index in [0.29, 0.717) is 5.41 Å². The Bertz CT molecular complexity index is 512. The number of para-hydroxylation sites is 2. The predicted molar refractivity (Wildman–Crippen MR) is 77.4 cm³/mol. The molecule has 102 valence electrons. The number of rotatable bonds is 6. The van der Waals surface area contributed by atoms with Crippen LogP contribution in [-0.2, 0) is 4.74 Å². The monoisotopic (exact) mass is 259 g/mol. The highest BCUT2D eigenvalue weighted by Gasteiger charge is 2.36. The van der Waals surface area contributed by atoms with Gasteiger partial charge in [-0.25, -0.2) is 4.98 Å². The van der Waals surface area contributed by atoms with E-state index in [0.717, 1.165) is 36.6 Å². The van der Waals surface area contributed by atoms with Crippen molar-refractivity contribution in [1.82, 2.24) is 9.97 Å². The zero-order valence-corrected chi connectivity index (χ0v) is 11.4. The Hall–Kier alpha value is -1.55. The lowest BCUT2D eigenvalue weighted by molar-refractivity contribution is 0.0812. The van der Waals surface area contributed by atoms with E-state index in [1.165, 1.54) is 19.3 Å². The van der Waals surface area contributed by atoms with Gasteiger partial charge < -0.3 is 15.0 Å². The van der Waals surface area contributed by atoms with E-state index in [2.05, 4.69) is 21.4 Å². The van der Waals surface area contributed by atoms with Crippen LogP contribution in [0.25, 0.3) is 11.0 Å². The number of ether oxygens (including phenoxy) is 1. The Morgan fingerprint density at radius 3 is 2.89 bits per heavy atom. The molecule has 1 aliphatic carbocycles. The van der Waals surface area contributed by atoms with E-state index in [4.69, 9.17) is 4.74 Å². The van der Waals surface area contributed by atoms with Gasteiger partial charge in [-0.1, -0.05) is 18.6 Å². The summed E-state index contributed by atoms with van der Waals surface area (Å²) in [5, 5.41) is 3.46. The average Bonchev–Trinajstić information content (AvgIpc) is 2.80. The first-order chi connectivity index (χ1) is 9.31. The molecule has 2 N–H and O–H groups in total. The molecule has 1 aromatic carbocycles. The van der Waals surface area contributed by atoms with Gasteiger partial charge in [0.25, 0.3) is 0 Å². The first-order valence-electron chi connectivity index (χ1n) is 6.99. The first kappa shape index (κ1) is 12.5. The standard InChI is InChI=1S/C15H21N3O/c1-19-10-9-15(7-4-8-15)11-16-14-17-12-5-2-3-6-13(12)18-14/h2-3,5-6H,4,7-11H2,1H3,(H2,16,17,18). The molecular weight excluding hydrogens is 238 g/mol. The van der Waals surface area contributed by atoms with Gasteiger partial charge in [-0.15, -0.1) is 0 Å². The molecule has 0 bridgehead atoms. The molecule has 0 amide bonds. The van der Waals surface area contributed by atoms with E-state index < -0.39 is 0 Å². The molecular formula is C15H21N3O. The number of nitrogens with one attached hydrogen (secondary N) is 2. The topological polar surface area (TPSA) is 49.9 Å². The molecule has 0 atom stereocenters. The van der Waals surface area contributed by atoms with Crippen molar-refractivity contribution in [2.45, 2.75) is 25.7 Å². The molecule has 0 radical (unpaired) electrons. The van der Waals surface area contributed by atoms with Gasteiger partial charge in [0, 0.05) is 20.3 Å². The fraction of sp³-hybridized carbons (Fsp3) is 0.533. The Labute approximate surface area is 113 Å². The van der Waals surface area contributed by atoms with Crippen LogP contribution >= 0.6 is 0 Å². The van der Waals surface area contributed by atoms with Crippen LogP contribution in [0.15, 0.2) is 24.3 Å². The van der Waals surface area contributed by atoms with Crippen molar-refractivity contribution in [2.24, 2.45) is 5.41 Å². The maximum Gasteiger partial charge on any atom is 0.201 e. The van der Waals surface area contributed by atoms with Crippen molar-refractivity contribution < 1.29 is 4.74 Å². The van der Waals surface area contributed by atoms with Gasteiger partial charge in [0.2, 0.25) is 5.95 Å². The van der Waals surface area contributed by atoms with Crippen LogP contribution in [0.1, 0.15) is 25.7 Å². The van der Waals surface area contributed by atoms with Gasteiger partial charge in [-0.3, -0.25) is 0 Å². The molecule has 1 saturated carbocycles. The molecule has 1 aromatic heterocycles. The average molecular weight is 259 g/mol. The number of fused-ring (bicyclic) bond motifs is 1. The van der Waals surface area contributed by atoms with E-state index >= 15 is 0 Å². The van der Waals surface area contributed by atoms with Gasteiger partial charge >= 0.3 is 0 Å². The van der Waals surface area contributed by atoms with Crippen LogP contribution in [-0.4, -0.2) is 30.2 Å². The van der Waals surface area contributed by atoms with Crippen LogP contribution in [0, 0.1) is 5.41 Å². The summed E-state index contributed by atoms with van der Waals surface area (Å²) in [4.78, 5) is 7.88. The molecule has 4 nitrogen and oxygen atoms in total. The van der Waals surface area contributed by atoms with Crippen molar-refractivity contribution in [1.29, 1.82) is 0 Å². The molecule has 1 heterocycles. The smallest absolute Gasteiger partial charge is 0.201 e. The van der Waals surface area contributed by atoms with Gasteiger partial charge in [-0.05, 0) is 36.8 Å². The minimum atomic E-state index is 0.412. The van der Waals surface area contributed by atoms with Gasteiger partial charge in [0.05, 0.1) is 11.0 Å². The normalized spacial score (nSPS) is 17.3. The second-order valence-electron chi connectivity index (χ2n) is 5.55. The number of benzene rings is 1. The molecule has 4 heteroatoms. The maximum absolute atomic E-state index is 5.22. The van der Waals surface area contributed by atoms with E-state index in [1.807, 2.05) is 18.2 Å². The minimum Gasteiger partial charge on any atom is -0.385 e. The highest BCUT2D eigenvalue weighted by atomic mass is 16.5. The number of imidazole rings is 1. The van der Waals surface area contributed by atoms with Gasteiger partial charge in [0.1, 0.15) is 0 Å². The summed E-state index contributed by atoms with van der Waals surface area (Å²) < 4.78 is 5.22. The summed E-state index contributed by atoms with van der Waals surface area (Å²) in [5.74, 6) is 0.880. The molecule has 0 unspecified atom stereocenters. The Morgan fingerprint density at radius 2 is 2.21 bits per heavy atom. The van der Waals surface area contributed by atoms with Crippen LogP contribution in [0.4, 0.5) is 5.95 Å². The number of H-pyrrole nitrogens is 1. The third kappa shape index (κ3) is 2.59. The van der Waals surface area contributed by atoms with Gasteiger partial charge in [0.15, 0.2) is 0 Å². The maximum atomic E-state index is 5.22. The van der Waals surface area contributed by atoms with Gasteiger partial charge in [-0.2, -0.15) is 0 Å². The lowest BCUT2D eigenvalue weighted by Crippen LogP contribution is -2.37. The number of aromatic amines is 1. The number of hydrogen-bond donors (Lipinski definition) is 2. The molecule has 1 aliphatic rings. The highest BCUT2D eigenvalue weighted by molar-refractivity contribution is 5.77. The molecule has 1 fully saturated rings. The predicted octanol–water partition coefficient (Wildman–Crippen LogP) is 3.18. The van der Waals surface area contributed by atoms with Crippen molar-refractivity contribution in [2.75, 3.05) is 25.6 Å². The van der Waals surface area contributed by atoms with E-state index in [1.54, 1.807) is 7.11 Å². The molecule has 19 heavy (non-hydrogen) atoms. The number of anilines is 1. The van der Waals surface area contributed by atoms with Crippen molar-refractivity contribution in [3.63, 3.8) is 0 Å². The largest absolute Gasteiger partial charge is 0.385 e. The van der Waals surface area contributed by atoms with Crippen LogP contribution in [0.3, 0.4) is 0 Å². The first-order valence-corrected chi connectivity index (χ1v) is 6.99.